The number of imidazole rings is 1. The Bertz CT molecular complexity index is 584. The number of benzene rings is 1. The predicted molar refractivity (Wildman–Crippen MR) is 67.5 cm³/mol. The van der Waals surface area contributed by atoms with E-state index in [0.29, 0.717) is 23.3 Å². The second-order valence-corrected chi connectivity index (χ2v) is 4.98. The number of fused-ring (bicyclic) bond motifs is 1. The molecule has 1 unspecified atom stereocenters. The van der Waals surface area contributed by atoms with E-state index >= 15 is 0 Å². The highest BCUT2D eigenvalue weighted by atomic mass is 19.4. The first-order valence-electron chi connectivity index (χ1n) is 6.10. The van der Waals surface area contributed by atoms with Crippen molar-refractivity contribution >= 4 is 11.0 Å². The van der Waals surface area contributed by atoms with Gasteiger partial charge in [-0.3, -0.25) is 0 Å². The van der Waals surface area contributed by atoms with Crippen LogP contribution in [0.5, 0.6) is 0 Å². The Morgan fingerprint density at radius 3 is 2.58 bits per heavy atom. The molecule has 2 rings (SSSR count). The summed E-state index contributed by atoms with van der Waals surface area (Å²) < 4.78 is 37.9. The van der Waals surface area contributed by atoms with Gasteiger partial charge in [0.15, 0.2) is 0 Å². The van der Waals surface area contributed by atoms with Crippen molar-refractivity contribution in [3.8, 4) is 0 Å². The van der Waals surface area contributed by atoms with Crippen LogP contribution in [0.3, 0.4) is 0 Å². The summed E-state index contributed by atoms with van der Waals surface area (Å²) in [5, 5.41) is 0. The second-order valence-electron chi connectivity index (χ2n) is 4.98. The zero-order chi connectivity index (χ0) is 14.3. The van der Waals surface area contributed by atoms with Gasteiger partial charge in [-0.1, -0.05) is 13.3 Å². The molecule has 1 atom stereocenters. The lowest BCUT2D eigenvalue weighted by Crippen LogP contribution is -2.34. The van der Waals surface area contributed by atoms with Crippen LogP contribution in [0.2, 0.25) is 0 Å². The third-order valence-corrected chi connectivity index (χ3v) is 3.12. The molecule has 1 heterocycles. The van der Waals surface area contributed by atoms with Crippen molar-refractivity contribution in [2.75, 3.05) is 0 Å². The van der Waals surface area contributed by atoms with E-state index in [1.165, 1.54) is 6.07 Å². The number of H-pyrrole nitrogens is 1. The molecule has 104 valence electrons. The number of aromatic amines is 1. The fraction of sp³-hybridized carbons (Fsp3) is 0.462. The molecule has 1 aromatic carbocycles. The third kappa shape index (κ3) is 2.73. The molecule has 3 N–H and O–H groups in total. The molecule has 0 saturated heterocycles. The average Bonchev–Trinajstić information content (AvgIpc) is 2.70. The smallest absolute Gasteiger partial charge is 0.340 e. The Labute approximate surface area is 109 Å². The van der Waals surface area contributed by atoms with E-state index in [0.717, 1.165) is 18.6 Å². The summed E-state index contributed by atoms with van der Waals surface area (Å²) in [6.07, 6.45) is -2.77. The third-order valence-electron chi connectivity index (χ3n) is 3.12. The van der Waals surface area contributed by atoms with Gasteiger partial charge in [0.25, 0.3) is 0 Å². The first-order chi connectivity index (χ1) is 8.74. The van der Waals surface area contributed by atoms with Crippen molar-refractivity contribution in [3.05, 3.63) is 29.6 Å². The summed E-state index contributed by atoms with van der Waals surface area (Å²) in [4.78, 5) is 7.18. The highest BCUT2D eigenvalue weighted by molar-refractivity contribution is 5.76. The molecule has 0 fully saturated rings. The first-order valence-corrected chi connectivity index (χ1v) is 6.10. The number of hydrogen-bond acceptors (Lipinski definition) is 2. The van der Waals surface area contributed by atoms with Crippen molar-refractivity contribution in [1.29, 1.82) is 0 Å². The van der Waals surface area contributed by atoms with Crippen LogP contribution in [0.15, 0.2) is 18.2 Å². The normalized spacial score (nSPS) is 15.7. The van der Waals surface area contributed by atoms with E-state index in [2.05, 4.69) is 9.97 Å². The summed E-state index contributed by atoms with van der Waals surface area (Å²) in [6.45, 7) is 3.81. The molecular weight excluding hydrogens is 255 g/mol. The SMILES string of the molecule is CCCC(C)(N)c1nc2ccc(C(F)(F)F)cc2[nH]1. The minimum atomic E-state index is -4.35. The number of halogens is 3. The highest BCUT2D eigenvalue weighted by Gasteiger charge is 2.31. The summed E-state index contributed by atoms with van der Waals surface area (Å²) in [6, 6.07) is 3.45. The molecule has 0 radical (unpaired) electrons. The van der Waals surface area contributed by atoms with Gasteiger partial charge in [-0.2, -0.15) is 13.2 Å². The molecule has 0 saturated carbocycles. The molecule has 0 spiro atoms. The van der Waals surface area contributed by atoms with Crippen molar-refractivity contribution in [3.63, 3.8) is 0 Å². The van der Waals surface area contributed by atoms with E-state index in [4.69, 9.17) is 5.73 Å². The number of nitrogens with two attached hydrogens (primary N) is 1. The van der Waals surface area contributed by atoms with E-state index in [-0.39, 0.29) is 0 Å². The van der Waals surface area contributed by atoms with E-state index in [9.17, 15) is 13.2 Å². The van der Waals surface area contributed by atoms with Gasteiger partial charge in [-0.05, 0) is 31.5 Å². The van der Waals surface area contributed by atoms with Crippen LogP contribution in [0.1, 0.15) is 38.1 Å². The van der Waals surface area contributed by atoms with Crippen LogP contribution in [-0.4, -0.2) is 9.97 Å². The number of aromatic nitrogens is 2. The lowest BCUT2D eigenvalue weighted by Gasteiger charge is -2.20. The molecule has 19 heavy (non-hydrogen) atoms. The van der Waals surface area contributed by atoms with Crippen molar-refractivity contribution in [2.24, 2.45) is 5.73 Å². The van der Waals surface area contributed by atoms with Crippen LogP contribution < -0.4 is 5.73 Å². The Morgan fingerprint density at radius 2 is 2.00 bits per heavy atom. The molecule has 0 amide bonds. The molecule has 2 aromatic rings. The quantitative estimate of drug-likeness (QED) is 0.896. The van der Waals surface area contributed by atoms with Crippen LogP contribution in [0.4, 0.5) is 13.2 Å². The van der Waals surface area contributed by atoms with Crippen molar-refractivity contribution in [2.45, 2.75) is 38.4 Å². The zero-order valence-corrected chi connectivity index (χ0v) is 10.8. The van der Waals surface area contributed by atoms with Gasteiger partial charge in [-0.25, -0.2) is 4.98 Å². The van der Waals surface area contributed by atoms with Gasteiger partial charge in [0.2, 0.25) is 0 Å². The summed E-state index contributed by atoms with van der Waals surface area (Å²) in [5.74, 6) is 0.517. The molecule has 0 bridgehead atoms. The second kappa shape index (κ2) is 4.52. The fourth-order valence-electron chi connectivity index (χ4n) is 2.09. The van der Waals surface area contributed by atoms with Crippen LogP contribution in [0.25, 0.3) is 11.0 Å². The molecule has 6 heteroatoms. The lowest BCUT2D eigenvalue weighted by atomic mass is 9.97. The summed E-state index contributed by atoms with van der Waals surface area (Å²) in [5.41, 5.74) is 5.62. The van der Waals surface area contributed by atoms with Crippen LogP contribution in [0, 0.1) is 0 Å². The Hall–Kier alpha value is -1.56. The largest absolute Gasteiger partial charge is 0.416 e. The van der Waals surface area contributed by atoms with E-state index in [1.54, 1.807) is 0 Å². The Morgan fingerprint density at radius 1 is 1.32 bits per heavy atom. The average molecular weight is 271 g/mol. The van der Waals surface area contributed by atoms with Crippen LogP contribution in [-0.2, 0) is 11.7 Å². The Balaban J connectivity index is 2.47. The molecule has 3 nitrogen and oxygen atoms in total. The minimum absolute atomic E-state index is 0.359. The van der Waals surface area contributed by atoms with Gasteiger partial charge in [0, 0.05) is 0 Å². The Kier molecular flexibility index (Phi) is 3.30. The van der Waals surface area contributed by atoms with Crippen LogP contribution >= 0.6 is 0 Å². The standard InChI is InChI=1S/C13H16F3N3/c1-3-6-12(2,17)11-18-9-5-4-8(13(14,15)16)7-10(9)19-11/h4-5,7H,3,6,17H2,1-2H3,(H,18,19). The number of nitrogens with one attached hydrogen (secondary N) is 1. The molecular formula is C13H16F3N3. The summed E-state index contributed by atoms with van der Waals surface area (Å²) in [7, 11) is 0. The number of hydrogen-bond donors (Lipinski definition) is 2. The van der Waals surface area contributed by atoms with Crippen molar-refractivity contribution in [1.82, 2.24) is 9.97 Å². The fourth-order valence-corrected chi connectivity index (χ4v) is 2.09. The zero-order valence-electron chi connectivity index (χ0n) is 10.8. The maximum atomic E-state index is 12.6. The molecule has 0 aliphatic heterocycles. The highest BCUT2D eigenvalue weighted by Crippen LogP contribution is 2.31. The molecule has 1 aromatic heterocycles. The van der Waals surface area contributed by atoms with Gasteiger partial charge < -0.3 is 10.7 Å². The lowest BCUT2D eigenvalue weighted by molar-refractivity contribution is -0.137. The minimum Gasteiger partial charge on any atom is -0.340 e. The van der Waals surface area contributed by atoms with Gasteiger partial charge in [0.05, 0.1) is 22.1 Å². The number of rotatable bonds is 3. The monoisotopic (exact) mass is 271 g/mol. The molecule has 0 aliphatic rings. The number of alkyl halides is 3. The maximum absolute atomic E-state index is 12.6. The van der Waals surface area contributed by atoms with Gasteiger partial charge in [-0.15, -0.1) is 0 Å². The maximum Gasteiger partial charge on any atom is 0.416 e. The number of nitrogens with zero attached hydrogens (tertiary/aromatic N) is 1. The van der Waals surface area contributed by atoms with Crippen molar-refractivity contribution < 1.29 is 13.2 Å². The van der Waals surface area contributed by atoms with Gasteiger partial charge in [0.1, 0.15) is 5.82 Å². The van der Waals surface area contributed by atoms with E-state index < -0.39 is 17.3 Å². The molecule has 0 aliphatic carbocycles. The topological polar surface area (TPSA) is 54.7 Å². The predicted octanol–water partition coefficient (Wildman–Crippen LogP) is 3.56. The summed E-state index contributed by atoms with van der Waals surface area (Å²) >= 11 is 0. The first kappa shape index (κ1) is 13.9. The van der Waals surface area contributed by atoms with E-state index in [1.807, 2.05) is 13.8 Å². The van der Waals surface area contributed by atoms with Gasteiger partial charge >= 0.3 is 6.18 Å².